The van der Waals surface area contributed by atoms with Crippen LogP contribution in [-0.2, 0) is 43.4 Å². The summed E-state index contributed by atoms with van der Waals surface area (Å²) >= 11 is 0. The van der Waals surface area contributed by atoms with Gasteiger partial charge in [0.15, 0.2) is 0 Å². The molecule has 0 atom stereocenters. The first-order chi connectivity index (χ1) is 2.00. The maximum absolute atomic E-state index is 8.52. The van der Waals surface area contributed by atoms with Crippen molar-refractivity contribution in [2.75, 3.05) is 0 Å². The first kappa shape index (κ1) is 23.2. The number of hydrogen-bond donors (Lipinski definition) is 1. The van der Waals surface area contributed by atoms with Gasteiger partial charge in [-0.25, -0.2) is 0 Å². The third kappa shape index (κ3) is 346. The van der Waals surface area contributed by atoms with E-state index in [9.17, 15) is 0 Å². The van der Waals surface area contributed by atoms with Crippen molar-refractivity contribution in [3.05, 3.63) is 0 Å². The first-order valence-electron chi connectivity index (χ1n) is 0.667. The van der Waals surface area contributed by atoms with Crippen LogP contribution in [0.4, 0.5) is 0 Å². The summed E-state index contributed by atoms with van der Waals surface area (Å²) in [6.45, 7) is 0. The summed E-state index contributed by atoms with van der Waals surface area (Å²) in [7, 11) is -5.17. The van der Waals surface area contributed by atoms with Crippen LogP contribution >= 0.6 is 0 Å². The van der Waals surface area contributed by atoms with E-state index >= 15 is 0 Å². The Labute approximate surface area is 67.2 Å². The molecule has 8 heteroatoms. The quantitative estimate of drug-likeness (QED) is 0.319. The second-order valence-electron chi connectivity index (χ2n) is 0.408. The maximum Gasteiger partial charge on any atom is 2.00 e. The van der Waals surface area contributed by atoms with Crippen molar-refractivity contribution in [3.63, 3.8) is 0 Å². The predicted molar refractivity (Wildman–Crippen MR) is 15.5 cm³/mol. The summed E-state index contributed by atoms with van der Waals surface area (Å²) in [5.41, 5.74) is 0. The van der Waals surface area contributed by atoms with E-state index in [1.54, 1.807) is 0 Å². The minimum atomic E-state index is -5.17. The zero-order valence-electron chi connectivity index (χ0n) is 3.38. The predicted octanol–water partition coefficient (Wildman–Crippen LogP) is -1.18. The molecule has 0 aliphatic heterocycles. The van der Waals surface area contributed by atoms with Crippen molar-refractivity contribution in [1.82, 2.24) is 6.15 Å². The molecule has 8 heavy (non-hydrogen) atoms. The average molecular weight is 230 g/mol. The minimum Gasteiger partial charge on any atom is -0.759 e. The molecule has 0 radical (unpaired) electrons. The summed E-state index contributed by atoms with van der Waals surface area (Å²) in [5.74, 6) is 0. The van der Waals surface area contributed by atoms with E-state index in [1.165, 1.54) is 0 Å². The zero-order chi connectivity index (χ0) is 4.50. The number of hydrogen-bond acceptors (Lipinski definition) is 5. The molecule has 0 unspecified atom stereocenters. The smallest absolute Gasteiger partial charge is 0.759 e. The second kappa shape index (κ2) is 7.82. The Morgan fingerprint density at radius 3 is 1.00 bits per heavy atom. The molecule has 56 valence electrons. The van der Waals surface area contributed by atoms with Gasteiger partial charge in [-0.15, -0.1) is 0 Å². The number of rotatable bonds is 0. The van der Waals surface area contributed by atoms with Crippen molar-refractivity contribution in [2.24, 2.45) is 0 Å². The zero-order valence-corrected chi connectivity index (χ0v) is 6.17. The Bertz CT molecular complexity index is 97.2. The summed E-state index contributed by atoms with van der Waals surface area (Å²) < 4.78 is 34.1. The molecule has 0 aromatic rings. The molecule has 0 rings (SSSR count). The molecule has 0 aliphatic rings. The first-order valence-corrected chi connectivity index (χ1v) is 2.00. The van der Waals surface area contributed by atoms with Crippen LogP contribution in [0.3, 0.4) is 0 Å². The molecular formula is H3NNi2O4S+2. The molecule has 0 aromatic heterocycles. The van der Waals surface area contributed by atoms with Gasteiger partial charge in [-0.1, -0.05) is 0 Å². The van der Waals surface area contributed by atoms with Crippen LogP contribution in [0.5, 0.6) is 0 Å². The standard InChI is InChI=1S/H3N.2Ni.H2O4S/c;;;1-5(2,3)4/h1H3;;;(H2,1,2,3,4)/q;2*+2;/p-2. The van der Waals surface area contributed by atoms with E-state index < -0.39 is 10.4 Å². The van der Waals surface area contributed by atoms with Gasteiger partial charge in [-0.05, 0) is 0 Å². The van der Waals surface area contributed by atoms with Gasteiger partial charge in [0, 0.05) is 10.4 Å². The van der Waals surface area contributed by atoms with Crippen molar-refractivity contribution in [3.8, 4) is 0 Å². The van der Waals surface area contributed by atoms with Crippen LogP contribution in [0.25, 0.3) is 0 Å². The Kier molecular flexibility index (Phi) is 22.7. The van der Waals surface area contributed by atoms with Gasteiger partial charge in [0.2, 0.25) is 0 Å². The normalized spacial score (nSPS) is 7.25. The fraction of sp³-hybridized carbons (Fsp3) is 0. The van der Waals surface area contributed by atoms with E-state index in [0.717, 1.165) is 0 Å². The van der Waals surface area contributed by atoms with Crippen LogP contribution in [0, 0.1) is 0 Å². The van der Waals surface area contributed by atoms with Crippen molar-refractivity contribution >= 4 is 10.4 Å². The second-order valence-corrected chi connectivity index (χ2v) is 1.22. The Hall–Kier alpha value is 0.817. The fourth-order valence-electron chi connectivity index (χ4n) is 0. The molecule has 0 aliphatic carbocycles. The Morgan fingerprint density at radius 2 is 1.00 bits per heavy atom. The van der Waals surface area contributed by atoms with E-state index in [1.807, 2.05) is 0 Å². The Morgan fingerprint density at radius 1 is 1.00 bits per heavy atom. The largest absolute Gasteiger partial charge is 2.00 e. The average Bonchev–Trinajstić information content (AvgIpc) is 0.722. The van der Waals surface area contributed by atoms with Gasteiger partial charge in [0.05, 0.1) is 0 Å². The Balaban J connectivity index is -0.0000000267. The summed E-state index contributed by atoms with van der Waals surface area (Å²) in [6, 6.07) is 0. The minimum absolute atomic E-state index is 0. The third-order valence-corrected chi connectivity index (χ3v) is 0. The molecule has 0 aromatic carbocycles. The van der Waals surface area contributed by atoms with Gasteiger partial charge < -0.3 is 15.3 Å². The molecular weight excluding hydrogens is 227 g/mol. The van der Waals surface area contributed by atoms with E-state index in [-0.39, 0.29) is 39.1 Å². The topological polar surface area (TPSA) is 115 Å². The molecule has 0 saturated heterocycles. The van der Waals surface area contributed by atoms with Gasteiger partial charge in [-0.2, -0.15) is 0 Å². The van der Waals surface area contributed by atoms with Crippen molar-refractivity contribution < 1.29 is 50.5 Å². The van der Waals surface area contributed by atoms with Gasteiger partial charge >= 0.3 is 33.0 Å². The van der Waals surface area contributed by atoms with Gasteiger partial charge in [0.1, 0.15) is 0 Å². The van der Waals surface area contributed by atoms with Gasteiger partial charge in [-0.3, -0.25) is 8.42 Å². The molecule has 0 fully saturated rings. The van der Waals surface area contributed by atoms with Crippen LogP contribution < -0.4 is 6.15 Å². The summed E-state index contributed by atoms with van der Waals surface area (Å²) in [4.78, 5) is 0. The molecule has 0 bridgehead atoms. The van der Waals surface area contributed by atoms with Crippen LogP contribution in [-0.4, -0.2) is 17.5 Å². The van der Waals surface area contributed by atoms with E-state index in [0.29, 0.717) is 0 Å². The SMILES string of the molecule is N.O=S(=O)([O-])[O-].[Ni+2].[Ni+2]. The summed E-state index contributed by atoms with van der Waals surface area (Å²) in [5, 5.41) is 0. The molecule has 3 N–H and O–H groups in total. The molecule has 0 spiro atoms. The van der Waals surface area contributed by atoms with Crippen molar-refractivity contribution in [1.29, 1.82) is 0 Å². The van der Waals surface area contributed by atoms with Crippen LogP contribution in [0.2, 0.25) is 0 Å². The molecule has 0 saturated carbocycles. The maximum atomic E-state index is 8.52. The van der Waals surface area contributed by atoms with E-state index in [4.69, 9.17) is 17.5 Å². The van der Waals surface area contributed by atoms with Gasteiger partial charge in [0.25, 0.3) is 0 Å². The van der Waals surface area contributed by atoms with Crippen molar-refractivity contribution in [2.45, 2.75) is 0 Å². The van der Waals surface area contributed by atoms with Crippen LogP contribution in [0.15, 0.2) is 0 Å². The summed E-state index contributed by atoms with van der Waals surface area (Å²) in [6.07, 6.45) is 0. The monoisotopic (exact) mass is 229 g/mol. The van der Waals surface area contributed by atoms with Crippen LogP contribution in [0.1, 0.15) is 0 Å². The fourth-order valence-corrected chi connectivity index (χ4v) is 0. The molecule has 0 heterocycles. The molecule has 0 amide bonds. The molecule has 5 nitrogen and oxygen atoms in total. The third-order valence-electron chi connectivity index (χ3n) is 0. The van der Waals surface area contributed by atoms with E-state index in [2.05, 4.69) is 0 Å².